The van der Waals surface area contributed by atoms with Gasteiger partial charge in [-0.2, -0.15) is 0 Å². The van der Waals surface area contributed by atoms with E-state index in [2.05, 4.69) is 0 Å². The number of carbonyl (C=O) groups is 3. The summed E-state index contributed by atoms with van der Waals surface area (Å²) in [6.45, 7) is 2.97. The third kappa shape index (κ3) is 3.95. The average molecular weight is 415 g/mol. The molecular formula is C17H16Cl2N2O4S. The van der Waals surface area contributed by atoms with Crippen molar-refractivity contribution in [3.8, 4) is 0 Å². The Labute approximate surface area is 164 Å². The van der Waals surface area contributed by atoms with Crippen molar-refractivity contribution < 1.29 is 19.1 Å². The van der Waals surface area contributed by atoms with Crippen molar-refractivity contribution in [1.29, 1.82) is 0 Å². The summed E-state index contributed by atoms with van der Waals surface area (Å²) in [4.78, 5) is 39.3. The molecule has 1 aliphatic heterocycles. The number of hydrogen-bond acceptors (Lipinski definition) is 5. The second-order valence-electron chi connectivity index (χ2n) is 5.85. The number of halogens is 2. The summed E-state index contributed by atoms with van der Waals surface area (Å²) in [7, 11) is 0. The fourth-order valence-electron chi connectivity index (χ4n) is 2.73. The van der Waals surface area contributed by atoms with E-state index >= 15 is 0 Å². The maximum atomic E-state index is 12.3. The third-order valence-electron chi connectivity index (χ3n) is 4.18. The molecule has 0 spiro atoms. The molecule has 0 bridgehead atoms. The van der Waals surface area contributed by atoms with Crippen molar-refractivity contribution in [2.45, 2.75) is 6.92 Å². The maximum Gasteiger partial charge on any atom is 0.350 e. The van der Waals surface area contributed by atoms with Gasteiger partial charge >= 0.3 is 5.97 Å². The Morgan fingerprint density at radius 1 is 1.12 bits per heavy atom. The van der Waals surface area contributed by atoms with Gasteiger partial charge in [-0.05, 0) is 12.1 Å². The molecule has 1 saturated heterocycles. The summed E-state index contributed by atoms with van der Waals surface area (Å²) >= 11 is 13.4. The number of esters is 1. The minimum atomic E-state index is -0.636. The van der Waals surface area contributed by atoms with E-state index in [1.165, 1.54) is 18.3 Å². The van der Waals surface area contributed by atoms with Crippen LogP contribution in [0.1, 0.15) is 16.6 Å². The Morgan fingerprint density at radius 2 is 1.77 bits per heavy atom. The highest BCUT2D eigenvalue weighted by Crippen LogP contribution is 2.37. The average Bonchev–Trinajstić information content (AvgIpc) is 2.95. The van der Waals surface area contributed by atoms with Crippen LogP contribution in [0.25, 0.3) is 10.1 Å². The van der Waals surface area contributed by atoms with Crippen molar-refractivity contribution in [2.24, 2.45) is 0 Å². The fourth-order valence-corrected chi connectivity index (χ4v) is 4.40. The molecule has 2 aromatic rings. The smallest absolute Gasteiger partial charge is 0.350 e. The van der Waals surface area contributed by atoms with Gasteiger partial charge in [0, 0.05) is 48.2 Å². The first-order valence-corrected chi connectivity index (χ1v) is 9.52. The van der Waals surface area contributed by atoms with Crippen LogP contribution in [-0.2, 0) is 14.3 Å². The van der Waals surface area contributed by atoms with Gasteiger partial charge in [0.1, 0.15) is 4.88 Å². The van der Waals surface area contributed by atoms with E-state index in [4.69, 9.17) is 27.9 Å². The minimum Gasteiger partial charge on any atom is -0.451 e. The Balaban J connectivity index is 1.60. The predicted octanol–water partition coefficient (Wildman–Crippen LogP) is 3.06. The highest BCUT2D eigenvalue weighted by molar-refractivity contribution is 7.21. The third-order valence-corrected chi connectivity index (χ3v) is 6.05. The van der Waals surface area contributed by atoms with E-state index in [0.717, 1.165) is 10.1 Å². The lowest BCUT2D eigenvalue weighted by Gasteiger charge is -2.34. The number of thiophene rings is 1. The lowest BCUT2D eigenvalue weighted by atomic mass is 10.2. The van der Waals surface area contributed by atoms with E-state index in [1.54, 1.807) is 28.0 Å². The van der Waals surface area contributed by atoms with Gasteiger partial charge < -0.3 is 14.5 Å². The molecular weight excluding hydrogens is 399 g/mol. The molecule has 0 aliphatic carbocycles. The molecule has 0 unspecified atom stereocenters. The zero-order chi connectivity index (χ0) is 18.8. The number of rotatable bonds is 3. The molecule has 138 valence electrons. The van der Waals surface area contributed by atoms with Crippen molar-refractivity contribution in [2.75, 3.05) is 32.8 Å². The summed E-state index contributed by atoms with van der Waals surface area (Å²) in [5.74, 6) is -0.937. The van der Waals surface area contributed by atoms with Crippen molar-refractivity contribution in [3.05, 3.63) is 33.1 Å². The molecule has 1 aromatic carbocycles. The van der Waals surface area contributed by atoms with E-state index in [0.29, 0.717) is 36.2 Å². The summed E-state index contributed by atoms with van der Waals surface area (Å²) < 4.78 is 5.92. The van der Waals surface area contributed by atoms with Crippen LogP contribution in [0.5, 0.6) is 0 Å². The number of hydrogen-bond donors (Lipinski definition) is 0. The SMILES string of the molecule is CC(=O)N1CCN(C(=O)COC(=O)c2sc3cc(Cl)ccc3c2Cl)CC1. The second kappa shape index (κ2) is 7.82. The van der Waals surface area contributed by atoms with Gasteiger partial charge in [-0.3, -0.25) is 9.59 Å². The van der Waals surface area contributed by atoms with E-state index in [1.807, 2.05) is 0 Å². The van der Waals surface area contributed by atoms with Crippen LogP contribution in [0.2, 0.25) is 10.0 Å². The van der Waals surface area contributed by atoms with Crippen molar-refractivity contribution in [3.63, 3.8) is 0 Å². The quantitative estimate of drug-likeness (QED) is 0.723. The number of benzene rings is 1. The minimum absolute atomic E-state index is 0.0111. The molecule has 6 nitrogen and oxygen atoms in total. The number of fused-ring (bicyclic) bond motifs is 1. The Bertz CT molecular complexity index is 875. The van der Waals surface area contributed by atoms with Crippen LogP contribution in [0, 0.1) is 0 Å². The Morgan fingerprint density at radius 3 is 2.42 bits per heavy atom. The van der Waals surface area contributed by atoms with Crippen LogP contribution < -0.4 is 0 Å². The van der Waals surface area contributed by atoms with Gasteiger partial charge in [-0.1, -0.05) is 29.3 Å². The maximum absolute atomic E-state index is 12.3. The molecule has 0 radical (unpaired) electrons. The molecule has 0 saturated carbocycles. The molecule has 1 aliphatic rings. The normalized spacial score (nSPS) is 14.6. The Kier molecular flexibility index (Phi) is 5.70. The van der Waals surface area contributed by atoms with Gasteiger partial charge in [-0.25, -0.2) is 4.79 Å². The number of amides is 2. The highest BCUT2D eigenvalue weighted by atomic mass is 35.5. The largest absolute Gasteiger partial charge is 0.451 e. The molecule has 9 heteroatoms. The first-order valence-electron chi connectivity index (χ1n) is 7.95. The molecule has 26 heavy (non-hydrogen) atoms. The monoisotopic (exact) mass is 414 g/mol. The number of carbonyl (C=O) groups excluding carboxylic acids is 3. The van der Waals surface area contributed by atoms with E-state index < -0.39 is 5.97 Å². The van der Waals surface area contributed by atoms with Gasteiger partial charge in [0.15, 0.2) is 6.61 Å². The lowest BCUT2D eigenvalue weighted by Crippen LogP contribution is -2.51. The number of piperazine rings is 1. The second-order valence-corrected chi connectivity index (χ2v) is 7.72. The van der Waals surface area contributed by atoms with Gasteiger partial charge in [0.2, 0.25) is 5.91 Å². The molecule has 3 rings (SSSR count). The van der Waals surface area contributed by atoms with Crippen LogP contribution in [0.4, 0.5) is 0 Å². The van der Waals surface area contributed by atoms with Crippen molar-refractivity contribution >= 4 is 62.4 Å². The van der Waals surface area contributed by atoms with Crippen molar-refractivity contribution in [1.82, 2.24) is 9.80 Å². The molecule has 2 amide bonds. The van der Waals surface area contributed by atoms with Crippen LogP contribution in [-0.4, -0.2) is 60.4 Å². The lowest BCUT2D eigenvalue weighted by molar-refractivity contribution is -0.140. The standard InChI is InChI=1S/C17H16Cl2N2O4S/c1-10(22)20-4-6-21(7-5-20)14(23)9-25-17(24)16-15(19)12-3-2-11(18)8-13(12)26-16/h2-3,8H,4-7,9H2,1H3. The van der Waals surface area contributed by atoms with Gasteiger partial charge in [-0.15, -0.1) is 11.3 Å². The summed E-state index contributed by atoms with van der Waals surface area (Å²) in [6, 6.07) is 5.17. The van der Waals surface area contributed by atoms with E-state index in [-0.39, 0.29) is 23.3 Å². The Hall–Kier alpha value is -1.83. The molecule has 0 atom stereocenters. The number of nitrogens with zero attached hydrogens (tertiary/aromatic N) is 2. The first-order chi connectivity index (χ1) is 12.4. The van der Waals surface area contributed by atoms with Gasteiger partial charge in [0.25, 0.3) is 5.91 Å². The fraction of sp³-hybridized carbons (Fsp3) is 0.353. The number of ether oxygens (including phenoxy) is 1. The summed E-state index contributed by atoms with van der Waals surface area (Å²) in [5, 5.41) is 1.57. The zero-order valence-corrected chi connectivity index (χ0v) is 16.3. The summed E-state index contributed by atoms with van der Waals surface area (Å²) in [5.41, 5.74) is 0. The topological polar surface area (TPSA) is 66.9 Å². The van der Waals surface area contributed by atoms with Crippen LogP contribution in [0.3, 0.4) is 0 Å². The van der Waals surface area contributed by atoms with Gasteiger partial charge in [0.05, 0.1) is 5.02 Å². The van der Waals surface area contributed by atoms with Crippen LogP contribution >= 0.6 is 34.5 Å². The predicted molar refractivity (Wildman–Crippen MR) is 101 cm³/mol. The molecule has 0 N–H and O–H groups in total. The first kappa shape index (κ1) is 18.9. The molecule has 1 aromatic heterocycles. The molecule has 1 fully saturated rings. The van der Waals surface area contributed by atoms with Crippen LogP contribution in [0.15, 0.2) is 18.2 Å². The summed E-state index contributed by atoms with van der Waals surface area (Å²) in [6.07, 6.45) is 0. The van der Waals surface area contributed by atoms with E-state index in [9.17, 15) is 14.4 Å². The molecule has 2 heterocycles. The zero-order valence-electron chi connectivity index (χ0n) is 14.0. The highest BCUT2D eigenvalue weighted by Gasteiger charge is 2.24.